The zero-order valence-electron chi connectivity index (χ0n) is 16.1. The maximum atomic E-state index is 13.6. The lowest BCUT2D eigenvalue weighted by molar-refractivity contribution is 0.262. The summed E-state index contributed by atoms with van der Waals surface area (Å²) in [5.74, 6) is 0.341. The maximum absolute atomic E-state index is 13.6. The second-order valence-electron chi connectivity index (χ2n) is 6.43. The Labute approximate surface area is 166 Å². The van der Waals surface area contributed by atoms with Crippen molar-refractivity contribution >= 4 is 34.7 Å². The number of nitrogens with zero attached hydrogens (tertiary/aromatic N) is 3. The van der Waals surface area contributed by atoms with Crippen molar-refractivity contribution in [3.63, 3.8) is 0 Å². The third kappa shape index (κ3) is 5.16. The molecule has 7 nitrogen and oxygen atoms in total. The molecule has 0 spiro atoms. The number of carbonyl (C=O) groups is 1. The van der Waals surface area contributed by atoms with Gasteiger partial charge in [0.1, 0.15) is 34.8 Å². The van der Waals surface area contributed by atoms with Crippen molar-refractivity contribution in [3.05, 3.63) is 66.0 Å². The van der Waals surface area contributed by atoms with Crippen molar-refractivity contribution in [3.8, 4) is 0 Å². The van der Waals surface area contributed by atoms with Gasteiger partial charge in [0.25, 0.3) is 0 Å². The van der Waals surface area contributed by atoms with Gasteiger partial charge in [0.2, 0.25) is 0 Å². The Hall–Kier alpha value is -3.75. The van der Waals surface area contributed by atoms with Gasteiger partial charge in [0.05, 0.1) is 0 Å². The van der Waals surface area contributed by atoms with E-state index in [0.717, 1.165) is 23.6 Å². The summed E-state index contributed by atoms with van der Waals surface area (Å²) in [4.78, 5) is 22.6. The van der Waals surface area contributed by atoms with E-state index in [9.17, 15) is 13.6 Å². The number of amides is 2. The number of rotatable bonds is 5. The lowest BCUT2D eigenvalue weighted by Crippen LogP contribution is -2.20. The van der Waals surface area contributed by atoms with Crippen LogP contribution in [-0.4, -0.2) is 30.1 Å². The molecule has 0 fully saturated rings. The van der Waals surface area contributed by atoms with Crippen LogP contribution in [0, 0.1) is 18.6 Å². The molecule has 0 aliphatic carbocycles. The molecule has 3 N–H and O–H groups in total. The largest absolute Gasteiger partial charge is 0.363 e. The van der Waals surface area contributed by atoms with Gasteiger partial charge in [-0.05, 0) is 43.3 Å². The van der Waals surface area contributed by atoms with Gasteiger partial charge in [-0.2, -0.15) is 0 Å². The van der Waals surface area contributed by atoms with Crippen LogP contribution in [0.5, 0.6) is 0 Å². The molecular weight excluding hydrogens is 378 g/mol. The monoisotopic (exact) mass is 398 g/mol. The SMILES string of the molecule is Cc1nc(Nc2ccc(NC(=O)Nc3c(F)cccc3F)cc2)cc(N(C)C)n1. The molecule has 29 heavy (non-hydrogen) atoms. The molecular formula is C20H20F2N6O. The van der Waals surface area contributed by atoms with Crippen molar-refractivity contribution in [2.75, 3.05) is 34.9 Å². The predicted octanol–water partition coefficient (Wildman–Crippen LogP) is 4.52. The number of nitrogens with one attached hydrogen (secondary N) is 3. The summed E-state index contributed by atoms with van der Waals surface area (Å²) in [6.07, 6.45) is 0. The van der Waals surface area contributed by atoms with Crippen LogP contribution in [0.3, 0.4) is 0 Å². The highest BCUT2D eigenvalue weighted by Crippen LogP contribution is 2.21. The molecule has 0 aliphatic heterocycles. The van der Waals surface area contributed by atoms with Crippen molar-refractivity contribution in [1.29, 1.82) is 0 Å². The van der Waals surface area contributed by atoms with Crippen molar-refractivity contribution in [1.82, 2.24) is 9.97 Å². The quantitative estimate of drug-likeness (QED) is 0.589. The standard InChI is InChI=1S/C20H20F2N6O/c1-12-23-17(11-18(24-12)28(2)3)25-13-7-9-14(10-8-13)26-20(29)27-19-15(21)5-4-6-16(19)22/h4-11H,1-3H3,(H,23,24,25)(H2,26,27,29). The lowest BCUT2D eigenvalue weighted by Gasteiger charge is -2.14. The molecule has 2 aromatic carbocycles. The first-order valence-corrected chi connectivity index (χ1v) is 8.74. The fourth-order valence-corrected chi connectivity index (χ4v) is 2.52. The fourth-order valence-electron chi connectivity index (χ4n) is 2.52. The molecule has 0 aliphatic rings. The number of para-hydroxylation sites is 1. The average molecular weight is 398 g/mol. The molecule has 0 bridgehead atoms. The number of anilines is 5. The van der Waals surface area contributed by atoms with E-state index in [1.807, 2.05) is 32.0 Å². The molecule has 0 unspecified atom stereocenters. The van der Waals surface area contributed by atoms with Crippen LogP contribution in [0.1, 0.15) is 5.82 Å². The van der Waals surface area contributed by atoms with Crippen LogP contribution < -0.4 is 20.9 Å². The predicted molar refractivity (Wildman–Crippen MR) is 110 cm³/mol. The van der Waals surface area contributed by atoms with E-state index in [4.69, 9.17) is 0 Å². The molecule has 1 heterocycles. The highest BCUT2D eigenvalue weighted by Gasteiger charge is 2.12. The number of hydrogen-bond donors (Lipinski definition) is 3. The number of halogens is 2. The third-order valence-corrected chi connectivity index (χ3v) is 3.90. The lowest BCUT2D eigenvalue weighted by atomic mass is 10.2. The van der Waals surface area contributed by atoms with Crippen LogP contribution in [0.2, 0.25) is 0 Å². The summed E-state index contributed by atoms with van der Waals surface area (Å²) in [7, 11) is 3.79. The van der Waals surface area contributed by atoms with Gasteiger partial charge in [0.15, 0.2) is 0 Å². The summed E-state index contributed by atoms with van der Waals surface area (Å²) in [6.45, 7) is 1.81. The second kappa shape index (κ2) is 8.51. The Morgan fingerprint density at radius 1 is 0.931 bits per heavy atom. The minimum atomic E-state index is -0.850. The second-order valence-corrected chi connectivity index (χ2v) is 6.43. The zero-order valence-corrected chi connectivity index (χ0v) is 16.1. The Balaban J connectivity index is 1.65. The van der Waals surface area contributed by atoms with E-state index in [1.54, 1.807) is 24.3 Å². The van der Waals surface area contributed by atoms with Gasteiger partial charge in [0, 0.05) is 31.5 Å². The van der Waals surface area contributed by atoms with Gasteiger partial charge in [-0.15, -0.1) is 0 Å². The maximum Gasteiger partial charge on any atom is 0.323 e. The van der Waals surface area contributed by atoms with E-state index in [-0.39, 0.29) is 0 Å². The topological polar surface area (TPSA) is 82.2 Å². The van der Waals surface area contributed by atoms with Crippen molar-refractivity contribution in [2.45, 2.75) is 6.92 Å². The van der Waals surface area contributed by atoms with Crippen LogP contribution in [-0.2, 0) is 0 Å². The number of hydrogen-bond acceptors (Lipinski definition) is 5. The first-order chi connectivity index (χ1) is 13.8. The molecule has 9 heteroatoms. The summed E-state index contributed by atoms with van der Waals surface area (Å²) < 4.78 is 27.2. The molecule has 0 radical (unpaired) electrons. The van der Waals surface area contributed by atoms with E-state index in [1.165, 1.54) is 6.07 Å². The van der Waals surface area contributed by atoms with Gasteiger partial charge in [-0.1, -0.05) is 6.07 Å². The molecule has 0 saturated carbocycles. The van der Waals surface area contributed by atoms with Gasteiger partial charge < -0.3 is 20.9 Å². The molecule has 0 atom stereocenters. The zero-order chi connectivity index (χ0) is 21.0. The number of benzene rings is 2. The summed E-state index contributed by atoms with van der Waals surface area (Å²) in [5.41, 5.74) is 0.704. The number of carbonyl (C=O) groups excluding carboxylic acids is 1. The summed E-state index contributed by atoms with van der Waals surface area (Å²) in [5, 5.41) is 7.86. The minimum absolute atomic E-state index is 0.456. The Kier molecular flexibility index (Phi) is 5.87. The van der Waals surface area contributed by atoms with Crippen LogP contribution in [0.25, 0.3) is 0 Å². The van der Waals surface area contributed by atoms with E-state index < -0.39 is 23.4 Å². The smallest absolute Gasteiger partial charge is 0.323 e. The van der Waals surface area contributed by atoms with Gasteiger partial charge >= 0.3 is 6.03 Å². The van der Waals surface area contributed by atoms with Crippen LogP contribution in [0.15, 0.2) is 48.5 Å². The highest BCUT2D eigenvalue weighted by molar-refractivity contribution is 6.00. The molecule has 3 aromatic rings. The van der Waals surface area contributed by atoms with Crippen molar-refractivity contribution < 1.29 is 13.6 Å². The van der Waals surface area contributed by atoms with E-state index in [0.29, 0.717) is 17.3 Å². The number of aromatic nitrogens is 2. The highest BCUT2D eigenvalue weighted by atomic mass is 19.1. The van der Waals surface area contributed by atoms with Gasteiger partial charge in [-0.25, -0.2) is 23.5 Å². The first-order valence-electron chi connectivity index (χ1n) is 8.74. The Bertz CT molecular complexity index is 1000. The molecule has 3 rings (SSSR count). The molecule has 0 saturated heterocycles. The molecule has 2 amide bonds. The summed E-state index contributed by atoms with van der Waals surface area (Å²) in [6, 6.07) is 11.2. The van der Waals surface area contributed by atoms with Gasteiger partial charge in [-0.3, -0.25) is 0 Å². The average Bonchev–Trinajstić information content (AvgIpc) is 2.66. The molecule has 1 aromatic heterocycles. The normalized spacial score (nSPS) is 10.4. The fraction of sp³-hybridized carbons (Fsp3) is 0.150. The Morgan fingerprint density at radius 2 is 1.55 bits per heavy atom. The first kappa shape index (κ1) is 20.0. The third-order valence-electron chi connectivity index (χ3n) is 3.90. The summed E-state index contributed by atoms with van der Waals surface area (Å²) >= 11 is 0. The van der Waals surface area contributed by atoms with Crippen LogP contribution in [0.4, 0.5) is 42.3 Å². The van der Waals surface area contributed by atoms with E-state index >= 15 is 0 Å². The molecule has 150 valence electrons. The Morgan fingerprint density at radius 3 is 2.17 bits per heavy atom. The van der Waals surface area contributed by atoms with Crippen molar-refractivity contribution in [2.24, 2.45) is 0 Å². The van der Waals surface area contributed by atoms with Crippen LogP contribution >= 0.6 is 0 Å². The number of aryl methyl sites for hydroxylation is 1. The minimum Gasteiger partial charge on any atom is -0.363 e. The number of urea groups is 1. The van der Waals surface area contributed by atoms with E-state index in [2.05, 4.69) is 25.9 Å².